The van der Waals surface area contributed by atoms with Gasteiger partial charge in [0.05, 0.1) is 5.58 Å². The van der Waals surface area contributed by atoms with E-state index in [4.69, 9.17) is 19.1 Å². The van der Waals surface area contributed by atoms with Crippen LogP contribution in [0.4, 0.5) is 0 Å². The number of benzene rings is 5. The average molecular weight is 885 g/mol. The Morgan fingerprint density at radius 1 is 0.593 bits per heavy atom. The molecule has 0 aliphatic heterocycles. The van der Waals surface area contributed by atoms with Crippen LogP contribution in [-0.2, 0) is 31.9 Å². The molecule has 5 nitrogen and oxygen atoms in total. The third-order valence-electron chi connectivity index (χ3n) is 10.1. The zero-order chi connectivity index (χ0) is 36.5. The second kappa shape index (κ2) is 13.4. The van der Waals surface area contributed by atoms with Crippen LogP contribution < -0.4 is 4.74 Å². The summed E-state index contributed by atoms with van der Waals surface area (Å²) < 4.78 is 15.7. The molecule has 268 valence electrons. The van der Waals surface area contributed by atoms with Crippen LogP contribution in [0.3, 0.4) is 0 Å². The summed E-state index contributed by atoms with van der Waals surface area (Å²) in [7, 11) is 0. The van der Waals surface area contributed by atoms with Gasteiger partial charge in [-0.15, -0.1) is 17.5 Å². The number of ether oxygens (including phenoxy) is 1. The van der Waals surface area contributed by atoms with Gasteiger partial charge in [-0.3, -0.25) is 0 Å². The van der Waals surface area contributed by atoms with E-state index in [1.807, 2.05) is 42.7 Å². The van der Waals surface area contributed by atoms with Gasteiger partial charge in [0.1, 0.15) is 11.4 Å². The van der Waals surface area contributed by atoms with E-state index in [0.29, 0.717) is 11.5 Å². The second-order valence-corrected chi connectivity index (χ2v) is 15.8. The minimum atomic E-state index is -0.0661. The van der Waals surface area contributed by atoms with Crippen LogP contribution in [0, 0.1) is 12.1 Å². The van der Waals surface area contributed by atoms with Gasteiger partial charge in [0.2, 0.25) is 0 Å². The van der Waals surface area contributed by atoms with Gasteiger partial charge in [-0.2, -0.15) is 6.07 Å². The van der Waals surface area contributed by atoms with E-state index in [-0.39, 0.29) is 31.9 Å². The molecule has 0 saturated heterocycles. The van der Waals surface area contributed by atoms with Crippen molar-refractivity contribution in [2.75, 3.05) is 0 Å². The first-order valence-corrected chi connectivity index (χ1v) is 18.1. The van der Waals surface area contributed by atoms with Gasteiger partial charge in [-0.1, -0.05) is 143 Å². The molecule has 0 fully saturated rings. The van der Waals surface area contributed by atoms with E-state index in [9.17, 15) is 0 Å². The molecule has 9 rings (SSSR count). The number of rotatable bonds is 5. The van der Waals surface area contributed by atoms with Crippen molar-refractivity contribution >= 4 is 43.7 Å². The molecule has 0 radical (unpaired) electrons. The number of nitrogens with zero attached hydrogens (tertiary/aromatic N) is 3. The predicted octanol–water partition coefficient (Wildman–Crippen LogP) is 12.8. The second-order valence-electron chi connectivity index (χ2n) is 15.8. The topological polar surface area (TPSA) is 53.1 Å². The fraction of sp³-hybridized carbons (Fsp3) is 0.167. The Hall–Kier alpha value is -5.51. The summed E-state index contributed by atoms with van der Waals surface area (Å²) in [6.45, 7) is 13.3. The van der Waals surface area contributed by atoms with Crippen LogP contribution in [0.2, 0.25) is 0 Å². The van der Waals surface area contributed by atoms with Crippen LogP contribution in [-0.4, -0.2) is 14.5 Å². The molecule has 4 heterocycles. The van der Waals surface area contributed by atoms with Crippen molar-refractivity contribution in [3.05, 3.63) is 151 Å². The molecule has 54 heavy (non-hydrogen) atoms. The number of furan rings is 1. The molecule has 0 atom stereocenters. The molecule has 0 N–H and O–H groups in total. The van der Waals surface area contributed by atoms with Crippen molar-refractivity contribution in [3.8, 4) is 39.7 Å². The van der Waals surface area contributed by atoms with Crippen molar-refractivity contribution in [1.82, 2.24) is 14.5 Å². The van der Waals surface area contributed by atoms with E-state index >= 15 is 0 Å². The Morgan fingerprint density at radius 2 is 1.30 bits per heavy atom. The van der Waals surface area contributed by atoms with Gasteiger partial charge in [-0.05, 0) is 62.9 Å². The van der Waals surface area contributed by atoms with Crippen molar-refractivity contribution in [2.45, 2.75) is 52.4 Å². The van der Waals surface area contributed by atoms with E-state index in [2.05, 4.69) is 143 Å². The minimum Gasteiger partial charge on any atom is -0.503 e. The predicted molar refractivity (Wildman–Crippen MR) is 216 cm³/mol. The van der Waals surface area contributed by atoms with Crippen LogP contribution in [0.1, 0.15) is 52.7 Å². The largest absolute Gasteiger partial charge is 2.00 e. The normalized spacial score (nSPS) is 12.1. The Labute approximate surface area is 329 Å². The van der Waals surface area contributed by atoms with Gasteiger partial charge in [0.25, 0.3) is 0 Å². The SMILES string of the molecule is CC(C)(C)c1ccnc(-c2[c-]c(Oc3[c-]c4c(cc3)c3ccccc3n4-c3cc(C(C)(C)C)ccn3)cc3c2oc2c(-c4ccccc4)cccc23)c1.[Pt+2]. The molecule has 6 heteroatoms. The van der Waals surface area contributed by atoms with E-state index in [1.54, 1.807) is 0 Å². The summed E-state index contributed by atoms with van der Waals surface area (Å²) in [5, 5.41) is 4.14. The minimum absolute atomic E-state index is 0. The summed E-state index contributed by atoms with van der Waals surface area (Å²) >= 11 is 0. The first kappa shape index (κ1) is 35.5. The van der Waals surface area contributed by atoms with Crippen molar-refractivity contribution in [3.63, 3.8) is 0 Å². The molecule has 0 aliphatic rings. The van der Waals surface area contributed by atoms with E-state index in [0.717, 1.165) is 71.9 Å². The zero-order valence-electron chi connectivity index (χ0n) is 31.1. The number of hydrogen-bond acceptors (Lipinski definition) is 4. The third-order valence-corrected chi connectivity index (χ3v) is 10.1. The maximum Gasteiger partial charge on any atom is 2.00 e. The molecule has 0 bridgehead atoms. The smallest absolute Gasteiger partial charge is 0.503 e. The number of hydrogen-bond donors (Lipinski definition) is 0. The molecule has 0 saturated carbocycles. The summed E-state index contributed by atoms with van der Waals surface area (Å²) in [5.74, 6) is 1.97. The number of pyridine rings is 2. The molecule has 9 aromatic rings. The van der Waals surface area contributed by atoms with Gasteiger partial charge in [-0.25, -0.2) is 4.98 Å². The Bertz CT molecular complexity index is 2840. The van der Waals surface area contributed by atoms with Crippen LogP contribution in [0.25, 0.3) is 71.9 Å². The van der Waals surface area contributed by atoms with Crippen molar-refractivity contribution < 1.29 is 30.2 Å². The van der Waals surface area contributed by atoms with Gasteiger partial charge in [0, 0.05) is 40.4 Å². The van der Waals surface area contributed by atoms with Crippen LogP contribution in [0.5, 0.6) is 11.5 Å². The van der Waals surface area contributed by atoms with Gasteiger partial charge < -0.3 is 18.7 Å². The fourth-order valence-corrected chi connectivity index (χ4v) is 7.23. The number of fused-ring (bicyclic) bond motifs is 6. The molecular formula is C48H39N3O2Pt. The summed E-state index contributed by atoms with van der Waals surface area (Å²) in [6.07, 6.45) is 3.76. The van der Waals surface area contributed by atoms with Crippen molar-refractivity contribution in [1.29, 1.82) is 0 Å². The van der Waals surface area contributed by atoms with Gasteiger partial charge in [0.15, 0.2) is 0 Å². The quantitative estimate of drug-likeness (QED) is 0.162. The summed E-state index contributed by atoms with van der Waals surface area (Å²) in [4.78, 5) is 9.69. The molecule has 0 spiro atoms. The zero-order valence-corrected chi connectivity index (χ0v) is 33.4. The fourth-order valence-electron chi connectivity index (χ4n) is 7.23. The Morgan fingerprint density at radius 3 is 2.07 bits per heavy atom. The van der Waals surface area contributed by atoms with Crippen LogP contribution >= 0.6 is 0 Å². The maximum absolute atomic E-state index is 6.80. The van der Waals surface area contributed by atoms with Gasteiger partial charge >= 0.3 is 21.1 Å². The molecule has 0 aliphatic carbocycles. The molecular weight excluding hydrogens is 846 g/mol. The Kier molecular flexibility index (Phi) is 8.82. The Balaban J connectivity index is 0.00000413. The first-order chi connectivity index (χ1) is 25.5. The number of para-hydroxylation sites is 2. The molecule has 5 aromatic carbocycles. The molecule has 0 unspecified atom stereocenters. The maximum atomic E-state index is 6.80. The first-order valence-electron chi connectivity index (χ1n) is 18.1. The summed E-state index contributed by atoms with van der Waals surface area (Å²) in [6, 6.07) is 46.9. The number of aromatic nitrogens is 3. The summed E-state index contributed by atoms with van der Waals surface area (Å²) in [5.41, 5.74) is 9.43. The third kappa shape index (κ3) is 6.21. The van der Waals surface area contributed by atoms with E-state index in [1.165, 1.54) is 11.1 Å². The standard InChI is InChI=1S/C48H39N3O2.Pt/c1-47(2,3)31-21-23-49-41(25-31)40-28-34(27-39-38-17-12-16-35(45(38)53-46(39)40)30-13-8-7-9-14-30)52-33-19-20-37-36-15-10-11-18-42(36)51(43(37)29-33)44-26-32(22-24-50-44)48(4,5)6;/h7-27H,1-6H3;/q-2;+2. The van der Waals surface area contributed by atoms with Crippen molar-refractivity contribution in [2.24, 2.45) is 0 Å². The molecule has 4 aromatic heterocycles. The monoisotopic (exact) mass is 884 g/mol. The van der Waals surface area contributed by atoms with E-state index < -0.39 is 0 Å². The molecule has 0 amide bonds. The average Bonchev–Trinajstić information content (AvgIpc) is 3.70. The van der Waals surface area contributed by atoms with Crippen LogP contribution in [0.15, 0.2) is 132 Å².